The van der Waals surface area contributed by atoms with E-state index < -0.39 is 0 Å². The van der Waals surface area contributed by atoms with Crippen molar-refractivity contribution >= 4 is 12.6 Å². The number of nitrogens with two attached hydrogens (primary N) is 1. The van der Waals surface area contributed by atoms with Gasteiger partial charge in [-0.05, 0) is 70.3 Å². The van der Waals surface area contributed by atoms with E-state index in [4.69, 9.17) is 15.0 Å². The fourth-order valence-electron chi connectivity index (χ4n) is 3.36. The Morgan fingerprint density at radius 2 is 1.41 bits per heavy atom. The van der Waals surface area contributed by atoms with Crippen LogP contribution in [-0.2, 0) is 9.31 Å². The van der Waals surface area contributed by atoms with E-state index >= 15 is 0 Å². The maximum absolute atomic E-state index is 6.11. The van der Waals surface area contributed by atoms with E-state index in [-0.39, 0.29) is 18.3 Å². The Balaban J connectivity index is 1.70. The molecule has 3 nitrogen and oxygen atoms in total. The molecule has 0 amide bonds. The van der Waals surface area contributed by atoms with Gasteiger partial charge in [-0.2, -0.15) is 0 Å². The van der Waals surface area contributed by atoms with Crippen molar-refractivity contribution in [2.45, 2.75) is 76.5 Å². The predicted octanol–water partition coefficient (Wildman–Crippen LogP) is 2.97. The van der Waals surface area contributed by atoms with Crippen LogP contribution in [0.5, 0.6) is 0 Å². The molecule has 1 aromatic rings. The molecule has 1 aliphatic heterocycles. The zero-order chi connectivity index (χ0) is 16.0. The summed E-state index contributed by atoms with van der Waals surface area (Å²) >= 11 is 0. The maximum Gasteiger partial charge on any atom is 0.494 e. The Labute approximate surface area is 134 Å². The van der Waals surface area contributed by atoms with Gasteiger partial charge in [0.2, 0.25) is 0 Å². The van der Waals surface area contributed by atoms with Crippen molar-refractivity contribution < 1.29 is 9.31 Å². The summed E-state index contributed by atoms with van der Waals surface area (Å²) in [4.78, 5) is 0. The molecule has 2 N–H and O–H groups in total. The Bertz CT molecular complexity index is 502. The Morgan fingerprint density at radius 1 is 0.909 bits per heavy atom. The second kappa shape index (κ2) is 5.66. The molecule has 22 heavy (non-hydrogen) atoms. The quantitative estimate of drug-likeness (QED) is 0.854. The highest BCUT2D eigenvalue weighted by molar-refractivity contribution is 6.62. The lowest BCUT2D eigenvalue weighted by Gasteiger charge is -2.32. The number of benzene rings is 1. The predicted molar refractivity (Wildman–Crippen MR) is 91.3 cm³/mol. The average Bonchev–Trinajstić information content (AvgIpc) is 2.68. The molecule has 0 radical (unpaired) electrons. The lowest BCUT2D eigenvalue weighted by molar-refractivity contribution is 0.00578. The number of hydrogen-bond donors (Lipinski definition) is 1. The van der Waals surface area contributed by atoms with Crippen molar-refractivity contribution in [3.63, 3.8) is 0 Å². The average molecular weight is 301 g/mol. The first-order valence-corrected chi connectivity index (χ1v) is 8.49. The molecule has 120 valence electrons. The molecule has 2 fully saturated rings. The number of hydrogen-bond acceptors (Lipinski definition) is 3. The molecule has 1 aromatic carbocycles. The van der Waals surface area contributed by atoms with E-state index in [1.807, 2.05) is 0 Å². The minimum Gasteiger partial charge on any atom is -0.399 e. The van der Waals surface area contributed by atoms with Gasteiger partial charge in [0.25, 0.3) is 0 Å². The third-order valence-electron chi connectivity index (χ3n) is 5.71. The second-order valence-corrected chi connectivity index (χ2v) is 7.87. The van der Waals surface area contributed by atoms with Gasteiger partial charge >= 0.3 is 7.12 Å². The summed E-state index contributed by atoms with van der Waals surface area (Å²) < 4.78 is 12.2. The van der Waals surface area contributed by atoms with E-state index in [1.54, 1.807) is 0 Å². The highest BCUT2D eigenvalue weighted by atomic mass is 16.7. The van der Waals surface area contributed by atoms with Gasteiger partial charge < -0.3 is 15.0 Å². The number of rotatable bonds is 2. The smallest absolute Gasteiger partial charge is 0.399 e. The lowest BCUT2D eigenvalue weighted by Crippen LogP contribution is -2.41. The zero-order valence-electron chi connectivity index (χ0n) is 14.3. The van der Waals surface area contributed by atoms with Crippen LogP contribution in [-0.4, -0.2) is 24.4 Å². The van der Waals surface area contributed by atoms with Gasteiger partial charge in [-0.1, -0.05) is 24.3 Å². The van der Waals surface area contributed by atoms with Crippen molar-refractivity contribution in [2.24, 2.45) is 5.73 Å². The van der Waals surface area contributed by atoms with Crippen LogP contribution in [0.2, 0.25) is 0 Å². The summed E-state index contributed by atoms with van der Waals surface area (Å²) in [5.74, 6) is 0.659. The monoisotopic (exact) mass is 301 g/mol. The van der Waals surface area contributed by atoms with Crippen LogP contribution in [0.25, 0.3) is 0 Å². The zero-order valence-corrected chi connectivity index (χ0v) is 14.3. The van der Waals surface area contributed by atoms with Crippen LogP contribution in [0.15, 0.2) is 24.3 Å². The fourth-order valence-corrected chi connectivity index (χ4v) is 3.36. The Kier molecular flexibility index (Phi) is 4.13. The van der Waals surface area contributed by atoms with Crippen molar-refractivity contribution in [1.82, 2.24) is 0 Å². The molecule has 2 aliphatic rings. The summed E-state index contributed by atoms with van der Waals surface area (Å²) in [6.07, 6.45) is 4.70. The summed E-state index contributed by atoms with van der Waals surface area (Å²) in [6.45, 7) is 8.36. The second-order valence-electron chi connectivity index (χ2n) is 7.87. The molecule has 3 rings (SSSR count). The van der Waals surface area contributed by atoms with Crippen molar-refractivity contribution in [2.75, 3.05) is 0 Å². The summed E-state index contributed by atoms with van der Waals surface area (Å²) in [5.41, 5.74) is 7.97. The summed E-state index contributed by atoms with van der Waals surface area (Å²) in [6, 6.07) is 9.20. The highest BCUT2D eigenvalue weighted by Crippen LogP contribution is 2.37. The molecule has 1 saturated carbocycles. The maximum atomic E-state index is 6.11. The molecule has 1 saturated heterocycles. The molecule has 4 heteroatoms. The van der Waals surface area contributed by atoms with E-state index in [1.165, 1.54) is 18.4 Å². The van der Waals surface area contributed by atoms with Gasteiger partial charge in [-0.3, -0.25) is 0 Å². The fraction of sp³-hybridized carbons (Fsp3) is 0.667. The van der Waals surface area contributed by atoms with Gasteiger partial charge in [0.15, 0.2) is 0 Å². The Morgan fingerprint density at radius 3 is 1.91 bits per heavy atom. The van der Waals surface area contributed by atoms with Crippen LogP contribution >= 0.6 is 0 Å². The highest BCUT2D eigenvalue weighted by Gasteiger charge is 2.51. The molecule has 0 unspecified atom stereocenters. The summed E-state index contributed by atoms with van der Waals surface area (Å²) in [5, 5.41) is 0. The van der Waals surface area contributed by atoms with Crippen LogP contribution in [0.3, 0.4) is 0 Å². The van der Waals surface area contributed by atoms with Gasteiger partial charge in [-0.25, -0.2) is 0 Å². The minimum absolute atomic E-state index is 0.265. The molecule has 0 aromatic heterocycles. The molecular formula is C18H28BNO2. The van der Waals surface area contributed by atoms with Crippen LogP contribution < -0.4 is 11.2 Å². The third-order valence-corrected chi connectivity index (χ3v) is 5.71. The standard InChI is InChI=1S/C18H28BNO2/c1-17(2)18(3,4)22-19(21-17)15-9-5-13(6-10-15)14-7-11-16(20)12-8-14/h5-6,9-10,14,16H,7-8,11-12,20H2,1-4H3/t14-,16-. The molecule has 1 heterocycles. The van der Waals surface area contributed by atoms with E-state index in [2.05, 4.69) is 52.0 Å². The first kappa shape index (κ1) is 16.0. The van der Waals surface area contributed by atoms with Crippen molar-refractivity contribution in [3.8, 4) is 0 Å². The van der Waals surface area contributed by atoms with Gasteiger partial charge in [0, 0.05) is 6.04 Å². The first-order chi connectivity index (χ1) is 10.3. The molecule has 0 atom stereocenters. The lowest BCUT2D eigenvalue weighted by atomic mass is 9.76. The van der Waals surface area contributed by atoms with Gasteiger partial charge in [0.1, 0.15) is 0 Å². The van der Waals surface area contributed by atoms with Gasteiger partial charge in [0.05, 0.1) is 11.2 Å². The minimum atomic E-state index is -0.282. The van der Waals surface area contributed by atoms with Crippen molar-refractivity contribution in [3.05, 3.63) is 29.8 Å². The summed E-state index contributed by atoms with van der Waals surface area (Å²) in [7, 11) is -0.265. The molecule has 0 spiro atoms. The van der Waals surface area contributed by atoms with Gasteiger partial charge in [-0.15, -0.1) is 0 Å². The topological polar surface area (TPSA) is 44.5 Å². The Hall–Kier alpha value is -0.835. The third kappa shape index (κ3) is 2.97. The van der Waals surface area contributed by atoms with Crippen LogP contribution in [0.1, 0.15) is 64.9 Å². The first-order valence-electron chi connectivity index (χ1n) is 8.49. The van der Waals surface area contributed by atoms with Crippen LogP contribution in [0, 0.1) is 0 Å². The van der Waals surface area contributed by atoms with E-state index in [0.717, 1.165) is 18.3 Å². The van der Waals surface area contributed by atoms with Crippen LogP contribution in [0.4, 0.5) is 0 Å². The van der Waals surface area contributed by atoms with Crippen molar-refractivity contribution in [1.29, 1.82) is 0 Å². The SMILES string of the molecule is CC1(C)OB(c2ccc([C@H]3CC[C@H](N)CC3)cc2)OC1(C)C. The molecule has 0 bridgehead atoms. The normalized spacial score (nSPS) is 30.5. The van der Waals surface area contributed by atoms with E-state index in [0.29, 0.717) is 12.0 Å². The van der Waals surface area contributed by atoms with E-state index in [9.17, 15) is 0 Å². The largest absolute Gasteiger partial charge is 0.494 e. The molecule has 1 aliphatic carbocycles. The molecular weight excluding hydrogens is 273 g/mol.